The van der Waals surface area contributed by atoms with Gasteiger partial charge in [0.05, 0.1) is 12.2 Å². The molecule has 0 aromatic rings. The van der Waals surface area contributed by atoms with Crippen LogP contribution in [0.1, 0.15) is 52.4 Å². The smallest absolute Gasteiger partial charge is 0.139 e. The second-order valence-corrected chi connectivity index (χ2v) is 5.28. The molecule has 0 amide bonds. The summed E-state index contributed by atoms with van der Waals surface area (Å²) in [7, 11) is 0. The highest BCUT2D eigenvalue weighted by Gasteiger charge is 2.39. The Kier molecular flexibility index (Phi) is 6.58. The lowest BCUT2D eigenvalue weighted by atomic mass is 9.88. The Bertz CT molecular complexity index is 285. The van der Waals surface area contributed by atoms with E-state index in [2.05, 4.69) is 6.92 Å². The van der Waals surface area contributed by atoms with Crippen molar-refractivity contribution in [3.63, 3.8) is 0 Å². The van der Waals surface area contributed by atoms with Crippen molar-refractivity contribution in [2.24, 2.45) is 11.8 Å². The van der Waals surface area contributed by atoms with Crippen LogP contribution < -0.4 is 0 Å². The normalized spacial score (nSPS) is 30.2. The molecule has 0 heterocycles. The maximum Gasteiger partial charge on any atom is 0.139 e. The summed E-state index contributed by atoms with van der Waals surface area (Å²) in [5, 5.41) is 19.4. The summed E-state index contributed by atoms with van der Waals surface area (Å²) < 4.78 is 0. The van der Waals surface area contributed by atoms with Crippen LogP contribution in [0.2, 0.25) is 0 Å². The number of unbranched alkanes of at least 4 members (excludes halogenated alkanes) is 2. The van der Waals surface area contributed by atoms with E-state index in [-0.39, 0.29) is 24.0 Å². The zero-order valence-electron chi connectivity index (χ0n) is 11.5. The molecule has 3 nitrogen and oxygen atoms in total. The van der Waals surface area contributed by atoms with E-state index in [4.69, 9.17) is 0 Å². The van der Waals surface area contributed by atoms with Crippen molar-refractivity contribution in [3.8, 4) is 0 Å². The van der Waals surface area contributed by atoms with Crippen molar-refractivity contribution in [3.05, 3.63) is 12.2 Å². The van der Waals surface area contributed by atoms with Gasteiger partial charge in [0.25, 0.3) is 0 Å². The number of ketones is 1. The second-order valence-electron chi connectivity index (χ2n) is 5.28. The minimum absolute atomic E-state index is 0.0492. The van der Waals surface area contributed by atoms with Gasteiger partial charge in [-0.2, -0.15) is 0 Å². The topological polar surface area (TPSA) is 57.5 Å². The van der Waals surface area contributed by atoms with Crippen LogP contribution in [0.15, 0.2) is 12.2 Å². The van der Waals surface area contributed by atoms with Crippen LogP contribution in [-0.4, -0.2) is 28.2 Å². The lowest BCUT2D eigenvalue weighted by molar-refractivity contribution is -0.121. The molecule has 1 fully saturated rings. The second kappa shape index (κ2) is 7.70. The first-order valence-corrected chi connectivity index (χ1v) is 7.17. The zero-order valence-corrected chi connectivity index (χ0v) is 11.5. The van der Waals surface area contributed by atoms with Crippen LogP contribution >= 0.6 is 0 Å². The Morgan fingerprint density at radius 3 is 2.72 bits per heavy atom. The van der Waals surface area contributed by atoms with E-state index in [0.29, 0.717) is 6.42 Å². The predicted octanol–water partition coefficient (Wildman–Crippen LogP) is 2.46. The first-order valence-electron chi connectivity index (χ1n) is 7.17. The summed E-state index contributed by atoms with van der Waals surface area (Å²) in [6.45, 7) is 4.05. The van der Waals surface area contributed by atoms with Crippen molar-refractivity contribution in [2.75, 3.05) is 0 Å². The van der Waals surface area contributed by atoms with Gasteiger partial charge in [0.15, 0.2) is 0 Å². The molecule has 1 aliphatic rings. The first-order chi connectivity index (χ1) is 8.60. The summed E-state index contributed by atoms with van der Waals surface area (Å²) in [6.07, 6.45) is 7.64. The van der Waals surface area contributed by atoms with Crippen LogP contribution in [0.4, 0.5) is 0 Å². The van der Waals surface area contributed by atoms with Gasteiger partial charge >= 0.3 is 0 Å². The Hall–Kier alpha value is -0.670. The van der Waals surface area contributed by atoms with Gasteiger partial charge in [-0.25, -0.2) is 0 Å². The molecule has 0 aliphatic heterocycles. The van der Waals surface area contributed by atoms with E-state index in [1.54, 1.807) is 6.08 Å². The van der Waals surface area contributed by atoms with E-state index in [1.807, 2.05) is 13.0 Å². The Labute approximate surface area is 110 Å². The number of hydrogen-bond acceptors (Lipinski definition) is 3. The molecule has 2 N–H and O–H groups in total. The van der Waals surface area contributed by atoms with Crippen LogP contribution in [0, 0.1) is 11.8 Å². The minimum atomic E-state index is -0.565. The summed E-state index contributed by atoms with van der Waals surface area (Å²) in [4.78, 5) is 11.8. The van der Waals surface area contributed by atoms with Crippen molar-refractivity contribution < 1.29 is 15.0 Å². The average Bonchev–Trinajstić information content (AvgIpc) is 2.61. The highest BCUT2D eigenvalue weighted by molar-refractivity contribution is 5.84. The molecule has 0 aromatic heterocycles. The molecule has 4 unspecified atom stereocenters. The lowest BCUT2D eigenvalue weighted by Crippen LogP contribution is -2.19. The number of hydrogen-bond donors (Lipinski definition) is 2. The number of carbonyl (C=O) groups excluding carboxylic acids is 1. The van der Waals surface area contributed by atoms with Gasteiger partial charge < -0.3 is 10.2 Å². The SMILES string of the molecule is CCCCCC1C(=O)CC(O)C1/C=C/C(O)CC. The standard InChI is InChI=1S/C15H26O3/c1-3-5-6-7-12-13(9-8-11(16)4-2)15(18)10-14(12)17/h8-9,11-13,15-16,18H,3-7,10H2,1-2H3/b9-8+. The van der Waals surface area contributed by atoms with Gasteiger partial charge in [0.1, 0.15) is 5.78 Å². The average molecular weight is 254 g/mol. The third-order valence-electron chi connectivity index (χ3n) is 3.83. The molecule has 1 rings (SSSR count). The van der Waals surface area contributed by atoms with Crippen LogP contribution in [0.5, 0.6) is 0 Å². The zero-order chi connectivity index (χ0) is 13.5. The maximum atomic E-state index is 11.8. The highest BCUT2D eigenvalue weighted by Crippen LogP contribution is 2.34. The number of carbonyl (C=O) groups is 1. The predicted molar refractivity (Wildman–Crippen MR) is 72.2 cm³/mol. The molecule has 1 aliphatic carbocycles. The fourth-order valence-electron chi connectivity index (χ4n) is 2.60. The molecule has 4 atom stereocenters. The summed E-state index contributed by atoms with van der Waals surface area (Å²) in [5.41, 5.74) is 0. The van der Waals surface area contributed by atoms with Gasteiger partial charge in [-0.15, -0.1) is 0 Å². The quantitative estimate of drug-likeness (QED) is 0.542. The van der Waals surface area contributed by atoms with E-state index in [9.17, 15) is 15.0 Å². The third kappa shape index (κ3) is 4.21. The third-order valence-corrected chi connectivity index (χ3v) is 3.83. The Morgan fingerprint density at radius 2 is 2.11 bits per heavy atom. The lowest BCUT2D eigenvalue weighted by Gasteiger charge is -2.17. The minimum Gasteiger partial charge on any atom is -0.392 e. The molecule has 0 saturated heterocycles. The Balaban J connectivity index is 2.60. The van der Waals surface area contributed by atoms with E-state index in [1.165, 1.54) is 0 Å². The molecule has 1 saturated carbocycles. The summed E-state index contributed by atoms with van der Waals surface area (Å²) in [5.74, 6) is 0.0293. The molecule has 0 bridgehead atoms. The number of rotatable bonds is 7. The van der Waals surface area contributed by atoms with Crippen molar-refractivity contribution in [2.45, 2.75) is 64.6 Å². The molecule has 0 aromatic carbocycles. The van der Waals surface area contributed by atoms with Crippen molar-refractivity contribution in [1.29, 1.82) is 0 Å². The van der Waals surface area contributed by atoms with E-state index >= 15 is 0 Å². The van der Waals surface area contributed by atoms with Crippen LogP contribution in [-0.2, 0) is 4.79 Å². The molecule has 104 valence electrons. The van der Waals surface area contributed by atoms with Gasteiger partial charge in [0, 0.05) is 18.3 Å². The number of Topliss-reactive ketones (excluding diaryl/α,β-unsaturated/α-hetero) is 1. The monoisotopic (exact) mass is 254 g/mol. The number of aliphatic hydroxyl groups is 2. The van der Waals surface area contributed by atoms with Gasteiger partial charge in [-0.3, -0.25) is 4.79 Å². The van der Waals surface area contributed by atoms with Crippen LogP contribution in [0.25, 0.3) is 0 Å². The summed E-state index contributed by atoms with van der Waals surface area (Å²) in [6, 6.07) is 0. The fraction of sp³-hybridized carbons (Fsp3) is 0.800. The fourth-order valence-corrected chi connectivity index (χ4v) is 2.60. The van der Waals surface area contributed by atoms with Gasteiger partial charge in [-0.1, -0.05) is 45.3 Å². The molecule has 0 spiro atoms. The van der Waals surface area contributed by atoms with Crippen LogP contribution in [0.3, 0.4) is 0 Å². The van der Waals surface area contributed by atoms with Gasteiger partial charge in [0.2, 0.25) is 0 Å². The maximum absolute atomic E-state index is 11.8. The molecular formula is C15H26O3. The van der Waals surface area contributed by atoms with Gasteiger partial charge in [-0.05, 0) is 12.8 Å². The summed E-state index contributed by atoms with van der Waals surface area (Å²) >= 11 is 0. The van der Waals surface area contributed by atoms with E-state index < -0.39 is 12.2 Å². The highest BCUT2D eigenvalue weighted by atomic mass is 16.3. The van der Waals surface area contributed by atoms with Crippen molar-refractivity contribution >= 4 is 5.78 Å². The largest absolute Gasteiger partial charge is 0.392 e. The molecule has 0 radical (unpaired) electrons. The number of aliphatic hydroxyl groups excluding tert-OH is 2. The van der Waals surface area contributed by atoms with E-state index in [0.717, 1.165) is 25.7 Å². The van der Waals surface area contributed by atoms with Crippen molar-refractivity contribution in [1.82, 2.24) is 0 Å². The molecular weight excluding hydrogens is 228 g/mol. The molecule has 18 heavy (non-hydrogen) atoms. The Morgan fingerprint density at radius 1 is 1.39 bits per heavy atom. The molecule has 3 heteroatoms. The first kappa shape index (κ1) is 15.4.